The normalized spacial score (nSPS) is 48.0. The summed E-state index contributed by atoms with van der Waals surface area (Å²) in [7, 11) is 0. The van der Waals surface area contributed by atoms with Crippen LogP contribution < -0.4 is 0 Å². The summed E-state index contributed by atoms with van der Waals surface area (Å²) in [4.78, 5) is 37.5. The molecule has 0 aromatic rings. The van der Waals surface area contributed by atoms with Crippen LogP contribution in [0, 0.1) is 34.0 Å². The van der Waals surface area contributed by atoms with Gasteiger partial charge in [0.15, 0.2) is 0 Å². The molecule has 4 rings (SSSR count). The zero-order valence-electron chi connectivity index (χ0n) is 17.2. The minimum absolute atomic E-state index is 0.132. The van der Waals surface area contributed by atoms with Crippen LogP contribution >= 0.6 is 0 Å². The third kappa shape index (κ3) is 2.46. The van der Waals surface area contributed by atoms with E-state index in [1.807, 2.05) is 13.8 Å². The van der Waals surface area contributed by atoms with E-state index in [1.165, 1.54) is 6.92 Å². The number of aliphatic hydroxyl groups is 2. The van der Waals surface area contributed by atoms with Crippen molar-refractivity contribution in [3.8, 4) is 0 Å². The Hall–Kier alpha value is -1.73. The Morgan fingerprint density at radius 1 is 1.34 bits per heavy atom. The molecule has 0 unspecified atom stereocenters. The number of aliphatic hydroxyl groups excluding tert-OH is 2. The Morgan fingerprint density at radius 3 is 2.66 bits per heavy atom. The average molecular weight is 406 g/mol. The van der Waals surface area contributed by atoms with Gasteiger partial charge in [-0.1, -0.05) is 20.4 Å². The summed E-state index contributed by atoms with van der Waals surface area (Å²) in [6.07, 6.45) is -0.159. The highest BCUT2D eigenvalue weighted by Gasteiger charge is 2.76. The van der Waals surface area contributed by atoms with E-state index in [-0.39, 0.29) is 12.5 Å². The number of rotatable bonds is 2. The lowest BCUT2D eigenvalue weighted by atomic mass is 9.43. The van der Waals surface area contributed by atoms with Gasteiger partial charge in [0.05, 0.1) is 12.2 Å². The third-order valence-corrected chi connectivity index (χ3v) is 8.31. The van der Waals surface area contributed by atoms with E-state index in [1.54, 1.807) is 0 Å². The number of hydrogen-bond donors (Lipinski definition) is 2. The van der Waals surface area contributed by atoms with Crippen molar-refractivity contribution in [2.24, 2.45) is 34.0 Å². The van der Waals surface area contributed by atoms with Crippen molar-refractivity contribution >= 4 is 18.2 Å². The van der Waals surface area contributed by atoms with Crippen molar-refractivity contribution in [1.82, 2.24) is 0 Å². The van der Waals surface area contributed by atoms with Crippen molar-refractivity contribution in [1.29, 1.82) is 0 Å². The first-order valence-electron chi connectivity index (χ1n) is 10.4. The molecule has 2 N–H and O–H groups in total. The second-order valence-electron chi connectivity index (χ2n) is 10.1. The number of carbonyl (C=O) groups is 3. The second kappa shape index (κ2) is 6.38. The van der Waals surface area contributed by atoms with E-state index in [4.69, 9.17) is 9.47 Å². The van der Waals surface area contributed by atoms with Crippen molar-refractivity contribution in [2.45, 2.75) is 64.8 Å². The number of esters is 2. The van der Waals surface area contributed by atoms with E-state index in [9.17, 15) is 24.6 Å². The first-order chi connectivity index (χ1) is 13.5. The Kier molecular flexibility index (Phi) is 4.52. The molecule has 2 bridgehead atoms. The lowest BCUT2D eigenvalue weighted by molar-refractivity contribution is -0.263. The molecule has 7 heteroatoms. The highest BCUT2D eigenvalue weighted by Crippen LogP contribution is 2.69. The molecule has 0 aromatic carbocycles. The van der Waals surface area contributed by atoms with Crippen LogP contribution in [0.5, 0.6) is 0 Å². The Labute approximate surface area is 170 Å². The van der Waals surface area contributed by atoms with E-state index in [0.717, 1.165) is 6.29 Å². The summed E-state index contributed by atoms with van der Waals surface area (Å²) in [5.74, 6) is -2.65. The molecule has 8 atom stereocenters. The number of carbonyl (C=O) groups excluding carboxylic acids is 3. The summed E-state index contributed by atoms with van der Waals surface area (Å²) in [5, 5.41) is 22.5. The maximum Gasteiger partial charge on any atom is 0.316 e. The van der Waals surface area contributed by atoms with Crippen molar-refractivity contribution < 1.29 is 34.1 Å². The maximum atomic E-state index is 13.2. The van der Waals surface area contributed by atoms with Crippen LogP contribution in [0.1, 0.15) is 46.5 Å². The quantitative estimate of drug-likeness (QED) is 0.405. The van der Waals surface area contributed by atoms with Gasteiger partial charge in [-0.2, -0.15) is 0 Å². The fraction of sp³-hybridized carbons (Fsp3) is 0.773. The van der Waals surface area contributed by atoms with Gasteiger partial charge >= 0.3 is 11.9 Å². The van der Waals surface area contributed by atoms with Gasteiger partial charge in [-0.25, -0.2) is 0 Å². The highest BCUT2D eigenvalue weighted by atomic mass is 16.6. The predicted molar refractivity (Wildman–Crippen MR) is 101 cm³/mol. The third-order valence-electron chi connectivity index (χ3n) is 8.31. The molecule has 4 fully saturated rings. The van der Waals surface area contributed by atoms with Crippen LogP contribution in [-0.4, -0.2) is 53.4 Å². The lowest BCUT2D eigenvalue weighted by Crippen LogP contribution is -2.71. The highest BCUT2D eigenvalue weighted by molar-refractivity contribution is 5.83. The molecule has 2 spiro atoms. The van der Waals surface area contributed by atoms with Gasteiger partial charge in [-0.15, -0.1) is 0 Å². The fourth-order valence-corrected chi connectivity index (χ4v) is 7.17. The molecule has 0 aromatic heterocycles. The summed E-state index contributed by atoms with van der Waals surface area (Å²) < 4.78 is 11.3. The smallest absolute Gasteiger partial charge is 0.316 e. The number of fused-ring (bicyclic) bond motifs is 2. The molecule has 29 heavy (non-hydrogen) atoms. The Balaban J connectivity index is 1.94. The maximum absolute atomic E-state index is 13.2. The van der Waals surface area contributed by atoms with Gasteiger partial charge < -0.3 is 24.5 Å². The summed E-state index contributed by atoms with van der Waals surface area (Å²) in [6.45, 7) is 9.16. The predicted octanol–water partition coefficient (Wildman–Crippen LogP) is 1.40. The first-order valence-corrected chi connectivity index (χ1v) is 10.4. The van der Waals surface area contributed by atoms with E-state index < -0.39 is 58.3 Å². The first kappa shape index (κ1) is 20.5. The molecular weight excluding hydrogens is 376 g/mol. The van der Waals surface area contributed by atoms with E-state index in [2.05, 4.69) is 6.58 Å². The van der Waals surface area contributed by atoms with Gasteiger partial charge in [0.25, 0.3) is 0 Å². The van der Waals surface area contributed by atoms with Crippen LogP contribution in [0.2, 0.25) is 0 Å². The standard InChI is InChI=1S/C22H30O7/c1-11-13-7-14(25)17-21(8-13,18(11)29-12(2)24)19(27)28-10-22(17)15(9-23)20(3,4)6-5-16(22)26/h9,13-18,25-26H,1,5-8,10H2,2-4H3/t13-,14-,15+,16-,17+,18+,21-,22-/m0/s1. The molecule has 0 amide bonds. The second-order valence-corrected chi connectivity index (χ2v) is 10.1. The molecule has 7 nitrogen and oxygen atoms in total. The van der Waals surface area contributed by atoms with Crippen LogP contribution in [-0.2, 0) is 23.9 Å². The van der Waals surface area contributed by atoms with Crippen LogP contribution in [0.25, 0.3) is 0 Å². The average Bonchev–Trinajstić information content (AvgIpc) is 2.84. The van der Waals surface area contributed by atoms with Crippen LogP contribution in [0.4, 0.5) is 0 Å². The molecule has 0 radical (unpaired) electrons. The number of aldehydes is 1. The summed E-state index contributed by atoms with van der Waals surface area (Å²) >= 11 is 0. The van der Waals surface area contributed by atoms with Crippen molar-refractivity contribution in [3.63, 3.8) is 0 Å². The van der Waals surface area contributed by atoms with Crippen molar-refractivity contribution in [3.05, 3.63) is 12.2 Å². The van der Waals surface area contributed by atoms with E-state index in [0.29, 0.717) is 31.3 Å². The molecular formula is C22H30O7. The van der Waals surface area contributed by atoms with Gasteiger partial charge in [-0.05, 0) is 42.6 Å². The Morgan fingerprint density at radius 2 is 2.03 bits per heavy atom. The molecule has 1 saturated heterocycles. The molecule has 1 heterocycles. The largest absolute Gasteiger partial charge is 0.464 e. The molecule has 4 aliphatic rings. The number of ether oxygens (including phenoxy) is 2. The van der Waals surface area contributed by atoms with Crippen LogP contribution in [0.3, 0.4) is 0 Å². The number of hydrogen-bond acceptors (Lipinski definition) is 7. The van der Waals surface area contributed by atoms with Crippen molar-refractivity contribution in [2.75, 3.05) is 6.61 Å². The van der Waals surface area contributed by atoms with Gasteiger partial charge in [-0.3, -0.25) is 9.59 Å². The minimum Gasteiger partial charge on any atom is -0.464 e. The van der Waals surface area contributed by atoms with Gasteiger partial charge in [0.2, 0.25) is 0 Å². The minimum atomic E-state index is -1.33. The molecule has 3 saturated carbocycles. The van der Waals surface area contributed by atoms with Crippen LogP contribution in [0.15, 0.2) is 12.2 Å². The fourth-order valence-electron chi connectivity index (χ4n) is 7.17. The zero-order chi connectivity index (χ0) is 21.4. The summed E-state index contributed by atoms with van der Waals surface area (Å²) in [6, 6.07) is 0. The SMILES string of the molecule is C=C1[C@H]2C[C@H](O)[C@@H]3[C@](C2)(C(=O)OC[C@@]32[C@H](C=O)C(C)(C)CC[C@@H]2O)[C@@H]1OC(C)=O. The molecule has 1 aliphatic heterocycles. The van der Waals surface area contributed by atoms with Gasteiger partial charge in [0.1, 0.15) is 24.4 Å². The summed E-state index contributed by atoms with van der Waals surface area (Å²) in [5.41, 5.74) is -2.30. The number of cyclic esters (lactones) is 1. The lowest BCUT2D eigenvalue weighted by Gasteiger charge is -2.63. The topological polar surface area (TPSA) is 110 Å². The monoisotopic (exact) mass is 406 g/mol. The molecule has 160 valence electrons. The molecule has 3 aliphatic carbocycles. The van der Waals surface area contributed by atoms with E-state index >= 15 is 0 Å². The Bertz CT molecular complexity index is 773. The van der Waals surface area contributed by atoms with Gasteiger partial charge in [0, 0.05) is 24.2 Å². The zero-order valence-corrected chi connectivity index (χ0v) is 17.2.